The Morgan fingerprint density at radius 1 is 1.11 bits per heavy atom. The zero-order valence-corrected chi connectivity index (χ0v) is 20.3. The highest BCUT2D eigenvalue weighted by Crippen LogP contribution is 2.30. The van der Waals surface area contributed by atoms with Crippen LogP contribution in [-0.4, -0.2) is 50.1 Å². The zero-order valence-electron chi connectivity index (χ0n) is 18.6. The SMILES string of the molecule is COc1cccc(C(=O)Oc2ccc(/C=C(/C#N)C(=O)Nc3nc(S(C)(=O)=O)ns3)cc2OC)c1. The number of sulfone groups is 1. The Labute approximate surface area is 204 Å². The van der Waals surface area contributed by atoms with E-state index < -0.39 is 26.9 Å². The van der Waals surface area contributed by atoms with Crippen LogP contribution in [0.4, 0.5) is 5.13 Å². The van der Waals surface area contributed by atoms with Gasteiger partial charge in [-0.1, -0.05) is 12.1 Å². The van der Waals surface area contributed by atoms with Gasteiger partial charge in [0.2, 0.25) is 15.0 Å². The van der Waals surface area contributed by atoms with Crippen molar-refractivity contribution in [1.29, 1.82) is 5.26 Å². The molecular weight excluding hydrogens is 496 g/mol. The van der Waals surface area contributed by atoms with Gasteiger partial charge in [0, 0.05) is 17.8 Å². The molecule has 0 aliphatic heterocycles. The van der Waals surface area contributed by atoms with E-state index in [4.69, 9.17) is 14.2 Å². The van der Waals surface area contributed by atoms with E-state index in [1.807, 2.05) is 0 Å². The van der Waals surface area contributed by atoms with E-state index in [0.29, 0.717) is 22.8 Å². The number of nitrogens with one attached hydrogen (secondary N) is 1. The van der Waals surface area contributed by atoms with Gasteiger partial charge >= 0.3 is 5.97 Å². The molecule has 0 atom stereocenters. The molecule has 3 aromatic rings. The van der Waals surface area contributed by atoms with Gasteiger partial charge < -0.3 is 14.2 Å². The van der Waals surface area contributed by atoms with E-state index >= 15 is 0 Å². The molecule has 0 fully saturated rings. The van der Waals surface area contributed by atoms with Crippen molar-refractivity contribution < 1.29 is 32.2 Å². The highest BCUT2D eigenvalue weighted by Gasteiger charge is 2.18. The quantitative estimate of drug-likeness (QED) is 0.205. The molecule has 180 valence electrons. The Hall–Kier alpha value is -4.28. The smallest absolute Gasteiger partial charge is 0.343 e. The summed E-state index contributed by atoms with van der Waals surface area (Å²) < 4.78 is 42.4. The van der Waals surface area contributed by atoms with E-state index in [0.717, 1.165) is 6.26 Å². The number of rotatable bonds is 8. The summed E-state index contributed by atoms with van der Waals surface area (Å²) in [6.45, 7) is 0. The van der Waals surface area contributed by atoms with Crippen LogP contribution >= 0.6 is 11.5 Å². The molecule has 0 unspecified atom stereocenters. The second-order valence-corrected chi connectivity index (χ2v) is 9.47. The lowest BCUT2D eigenvalue weighted by molar-refractivity contribution is -0.112. The summed E-state index contributed by atoms with van der Waals surface area (Å²) in [5.41, 5.74) is 0.391. The summed E-state index contributed by atoms with van der Waals surface area (Å²) in [6, 6.07) is 12.7. The first-order chi connectivity index (χ1) is 16.6. The van der Waals surface area contributed by atoms with Crippen LogP contribution in [0.25, 0.3) is 6.08 Å². The van der Waals surface area contributed by atoms with Crippen LogP contribution in [0, 0.1) is 11.3 Å². The van der Waals surface area contributed by atoms with E-state index in [1.165, 1.54) is 44.6 Å². The van der Waals surface area contributed by atoms with Crippen molar-refractivity contribution in [3.63, 3.8) is 0 Å². The maximum absolute atomic E-state index is 12.5. The molecular formula is C22H18N4O7S2. The summed E-state index contributed by atoms with van der Waals surface area (Å²) in [5.74, 6) is -0.628. The fourth-order valence-electron chi connectivity index (χ4n) is 2.66. The average Bonchev–Trinajstić information content (AvgIpc) is 3.32. The van der Waals surface area contributed by atoms with E-state index in [2.05, 4.69) is 14.7 Å². The fraction of sp³-hybridized carbons (Fsp3) is 0.136. The van der Waals surface area contributed by atoms with Gasteiger partial charge in [0.15, 0.2) is 11.5 Å². The largest absolute Gasteiger partial charge is 0.497 e. The maximum atomic E-state index is 12.5. The molecule has 0 saturated heterocycles. The number of hydrogen-bond acceptors (Lipinski definition) is 11. The molecule has 0 radical (unpaired) electrons. The molecule has 13 heteroatoms. The first kappa shape index (κ1) is 25.3. The van der Waals surface area contributed by atoms with Crippen molar-refractivity contribution in [2.24, 2.45) is 0 Å². The minimum absolute atomic E-state index is 0.0750. The molecule has 0 aliphatic rings. The standard InChI is InChI=1S/C22H18N4O7S2/c1-31-16-6-4-5-14(11-16)20(28)33-17-8-7-13(10-18(17)32-2)9-15(12-23)19(27)24-21-25-22(26-34-21)35(3,29)30/h4-11H,1-3H3,(H,24,25,26,27)/b15-9-. The topological polar surface area (TPSA) is 158 Å². The van der Waals surface area contributed by atoms with Gasteiger partial charge in [-0.25, -0.2) is 13.2 Å². The molecule has 35 heavy (non-hydrogen) atoms. The summed E-state index contributed by atoms with van der Waals surface area (Å²) in [5, 5.41) is 11.3. The second kappa shape index (κ2) is 10.8. The van der Waals surface area contributed by atoms with Crippen molar-refractivity contribution in [2.45, 2.75) is 5.16 Å². The van der Waals surface area contributed by atoms with Gasteiger partial charge in [0.25, 0.3) is 11.1 Å². The Morgan fingerprint density at radius 3 is 2.51 bits per heavy atom. The molecule has 0 saturated carbocycles. The minimum Gasteiger partial charge on any atom is -0.497 e. The normalized spacial score (nSPS) is 11.3. The molecule has 0 aliphatic carbocycles. The highest BCUT2D eigenvalue weighted by molar-refractivity contribution is 7.90. The third-order valence-electron chi connectivity index (χ3n) is 4.33. The lowest BCUT2D eigenvalue weighted by atomic mass is 10.1. The molecule has 3 rings (SSSR count). The van der Waals surface area contributed by atoms with Crippen LogP contribution in [0.15, 0.2) is 53.2 Å². The molecule has 1 N–H and O–H groups in total. The monoisotopic (exact) mass is 514 g/mol. The molecule has 1 heterocycles. The van der Waals surface area contributed by atoms with Gasteiger partial charge in [-0.05, 0) is 42.0 Å². The van der Waals surface area contributed by atoms with Gasteiger partial charge in [0.1, 0.15) is 17.4 Å². The third kappa shape index (κ3) is 6.40. The van der Waals surface area contributed by atoms with Gasteiger partial charge in [-0.2, -0.15) is 14.6 Å². The summed E-state index contributed by atoms with van der Waals surface area (Å²) in [6.07, 6.45) is 2.22. The summed E-state index contributed by atoms with van der Waals surface area (Å²) >= 11 is 0.668. The number of nitriles is 1. The third-order valence-corrected chi connectivity index (χ3v) is 5.92. The van der Waals surface area contributed by atoms with Gasteiger partial charge in [-0.15, -0.1) is 0 Å². The van der Waals surface area contributed by atoms with E-state index in [-0.39, 0.29) is 27.8 Å². The fourth-order valence-corrected chi connectivity index (χ4v) is 4.10. The van der Waals surface area contributed by atoms with Crippen LogP contribution in [0.3, 0.4) is 0 Å². The Morgan fingerprint density at radius 2 is 1.89 bits per heavy atom. The minimum atomic E-state index is -3.63. The average molecular weight is 515 g/mol. The number of carbonyl (C=O) groups excluding carboxylic acids is 2. The number of methoxy groups -OCH3 is 2. The number of esters is 1. The molecule has 2 aromatic carbocycles. The van der Waals surface area contributed by atoms with Gasteiger partial charge in [0.05, 0.1) is 19.8 Å². The first-order valence-corrected chi connectivity index (χ1v) is 12.3. The van der Waals surface area contributed by atoms with E-state index in [1.54, 1.807) is 24.3 Å². The molecule has 0 spiro atoms. The Kier molecular flexibility index (Phi) is 7.80. The maximum Gasteiger partial charge on any atom is 0.343 e. The van der Waals surface area contributed by atoms with Crippen molar-refractivity contribution in [3.05, 3.63) is 59.2 Å². The molecule has 0 bridgehead atoms. The zero-order chi connectivity index (χ0) is 25.6. The number of ether oxygens (including phenoxy) is 3. The summed E-state index contributed by atoms with van der Waals surface area (Å²) in [7, 11) is -0.777. The molecule has 1 amide bonds. The molecule has 1 aromatic heterocycles. The number of aromatic nitrogens is 2. The number of benzene rings is 2. The van der Waals surface area contributed by atoms with Gasteiger partial charge in [-0.3, -0.25) is 10.1 Å². The Balaban J connectivity index is 1.79. The predicted molar refractivity (Wildman–Crippen MR) is 126 cm³/mol. The lowest BCUT2D eigenvalue weighted by Gasteiger charge is -2.10. The van der Waals surface area contributed by atoms with Crippen LogP contribution in [0.1, 0.15) is 15.9 Å². The number of anilines is 1. The van der Waals surface area contributed by atoms with Crippen molar-refractivity contribution in [3.8, 4) is 23.3 Å². The second-order valence-electron chi connectivity index (χ2n) is 6.81. The van der Waals surface area contributed by atoms with Crippen molar-refractivity contribution >= 4 is 44.5 Å². The van der Waals surface area contributed by atoms with Crippen LogP contribution in [0.2, 0.25) is 0 Å². The number of nitrogens with zero attached hydrogens (tertiary/aromatic N) is 3. The van der Waals surface area contributed by atoms with Crippen LogP contribution < -0.4 is 19.5 Å². The number of carbonyl (C=O) groups is 2. The number of amides is 1. The number of hydrogen-bond donors (Lipinski definition) is 1. The predicted octanol–water partition coefficient (Wildman–Crippen LogP) is 2.72. The first-order valence-electron chi connectivity index (χ1n) is 9.65. The molecule has 11 nitrogen and oxygen atoms in total. The van der Waals surface area contributed by atoms with Crippen molar-refractivity contribution in [1.82, 2.24) is 9.36 Å². The van der Waals surface area contributed by atoms with Crippen LogP contribution in [0.5, 0.6) is 17.2 Å². The van der Waals surface area contributed by atoms with Crippen LogP contribution in [-0.2, 0) is 14.6 Å². The lowest BCUT2D eigenvalue weighted by Crippen LogP contribution is -2.13. The Bertz CT molecular complexity index is 1460. The summed E-state index contributed by atoms with van der Waals surface area (Å²) in [4.78, 5) is 28.7. The van der Waals surface area contributed by atoms with E-state index in [9.17, 15) is 23.3 Å². The van der Waals surface area contributed by atoms with Crippen molar-refractivity contribution in [2.75, 3.05) is 25.8 Å². The highest BCUT2D eigenvalue weighted by atomic mass is 32.2.